The molecule has 1 nitrogen and oxygen atoms in total. The summed E-state index contributed by atoms with van der Waals surface area (Å²) in [6, 6.07) is 5.99. The molecule has 0 radical (unpaired) electrons. The molecule has 2 aromatic rings. The summed E-state index contributed by atoms with van der Waals surface area (Å²) in [5.74, 6) is 0. The van der Waals surface area contributed by atoms with Crippen LogP contribution < -0.4 is 0 Å². The highest BCUT2D eigenvalue weighted by Gasteiger charge is 2.04. The van der Waals surface area contributed by atoms with Crippen LogP contribution in [0.1, 0.15) is 4.88 Å². The number of nitrogens with zero attached hydrogens (tertiary/aromatic N) is 1. The standard InChI is InChI=1S/C9H4ClNS2/c10-6(1-3-11)8-5-9-7(13-8)2-4-12-9/h1-2,4-5H/b6-1+. The smallest absolute Gasteiger partial charge is 0.0928 e. The summed E-state index contributed by atoms with van der Waals surface area (Å²) in [5, 5.41) is 11.0. The lowest BCUT2D eigenvalue weighted by molar-refractivity contribution is 1.54. The second-order valence-electron chi connectivity index (χ2n) is 2.38. The van der Waals surface area contributed by atoms with Gasteiger partial charge in [-0.1, -0.05) is 11.6 Å². The van der Waals surface area contributed by atoms with Gasteiger partial charge in [-0.15, -0.1) is 22.7 Å². The molecule has 2 heterocycles. The highest BCUT2D eigenvalue weighted by molar-refractivity contribution is 7.27. The molecule has 0 N–H and O–H groups in total. The molecule has 0 aliphatic heterocycles. The third-order valence-corrected chi connectivity index (χ3v) is 4.12. The van der Waals surface area contributed by atoms with E-state index in [1.165, 1.54) is 15.5 Å². The van der Waals surface area contributed by atoms with Crippen LogP contribution in [0.25, 0.3) is 14.4 Å². The van der Waals surface area contributed by atoms with Crippen LogP contribution in [0, 0.1) is 11.3 Å². The summed E-state index contributed by atoms with van der Waals surface area (Å²) < 4.78 is 2.45. The van der Waals surface area contributed by atoms with Crippen molar-refractivity contribution < 1.29 is 0 Å². The second kappa shape index (κ2) is 3.51. The number of thiophene rings is 2. The molecule has 0 atom stereocenters. The Morgan fingerprint density at radius 3 is 3.08 bits per heavy atom. The Hall–Kier alpha value is -0.820. The van der Waals surface area contributed by atoms with Gasteiger partial charge in [0.1, 0.15) is 0 Å². The van der Waals surface area contributed by atoms with Crippen molar-refractivity contribution in [1.29, 1.82) is 5.26 Å². The lowest BCUT2D eigenvalue weighted by Gasteiger charge is -1.86. The van der Waals surface area contributed by atoms with E-state index in [0.29, 0.717) is 5.03 Å². The number of hydrogen-bond acceptors (Lipinski definition) is 3. The van der Waals surface area contributed by atoms with Gasteiger partial charge in [-0.2, -0.15) is 5.26 Å². The van der Waals surface area contributed by atoms with Crippen molar-refractivity contribution in [3.05, 3.63) is 28.5 Å². The zero-order valence-corrected chi connectivity index (χ0v) is 8.84. The fraction of sp³-hybridized carbons (Fsp3) is 0. The first-order valence-electron chi connectivity index (χ1n) is 3.54. The van der Waals surface area contributed by atoms with Crippen molar-refractivity contribution in [2.75, 3.05) is 0 Å². The first-order valence-corrected chi connectivity index (χ1v) is 5.61. The van der Waals surface area contributed by atoms with Gasteiger partial charge in [0.05, 0.1) is 11.1 Å². The van der Waals surface area contributed by atoms with Crippen LogP contribution in [-0.4, -0.2) is 0 Å². The van der Waals surface area contributed by atoms with Gasteiger partial charge in [-0.25, -0.2) is 0 Å². The Labute approximate surface area is 88.5 Å². The zero-order chi connectivity index (χ0) is 9.26. The summed E-state index contributed by atoms with van der Waals surface area (Å²) in [4.78, 5) is 0.963. The molecule has 0 fully saturated rings. The molecular formula is C9H4ClNS2. The quantitative estimate of drug-likeness (QED) is 0.672. The lowest BCUT2D eigenvalue weighted by Crippen LogP contribution is -1.64. The van der Waals surface area contributed by atoms with E-state index in [1.807, 2.05) is 17.5 Å². The van der Waals surface area contributed by atoms with E-state index < -0.39 is 0 Å². The van der Waals surface area contributed by atoms with Gasteiger partial charge in [0.15, 0.2) is 0 Å². The number of hydrogen-bond donors (Lipinski definition) is 0. The minimum absolute atomic E-state index is 0.524. The number of fused-ring (bicyclic) bond motifs is 1. The molecular weight excluding hydrogens is 222 g/mol. The summed E-state index contributed by atoms with van der Waals surface area (Å²) in [5.41, 5.74) is 0. The van der Waals surface area contributed by atoms with Crippen molar-refractivity contribution in [2.45, 2.75) is 0 Å². The predicted octanol–water partition coefficient (Wildman–Crippen LogP) is 4.07. The molecule has 0 bridgehead atoms. The van der Waals surface area contributed by atoms with Crippen LogP contribution in [0.5, 0.6) is 0 Å². The Morgan fingerprint density at radius 2 is 2.38 bits per heavy atom. The maximum atomic E-state index is 8.42. The first kappa shape index (κ1) is 8.76. The second-order valence-corrected chi connectivity index (χ2v) is 4.82. The van der Waals surface area contributed by atoms with Crippen molar-refractivity contribution >= 4 is 48.7 Å². The van der Waals surface area contributed by atoms with Crippen molar-refractivity contribution in [2.24, 2.45) is 0 Å². The van der Waals surface area contributed by atoms with Gasteiger partial charge >= 0.3 is 0 Å². The Kier molecular flexibility index (Phi) is 2.36. The van der Waals surface area contributed by atoms with Gasteiger partial charge in [0, 0.05) is 20.4 Å². The van der Waals surface area contributed by atoms with E-state index in [1.54, 1.807) is 22.7 Å². The van der Waals surface area contributed by atoms with Crippen LogP contribution in [0.4, 0.5) is 0 Å². The Balaban J connectivity index is 2.52. The molecule has 13 heavy (non-hydrogen) atoms. The Bertz CT molecular complexity index is 472. The number of halogens is 1. The molecule has 0 aliphatic rings. The van der Waals surface area contributed by atoms with Gasteiger partial charge in [0.2, 0.25) is 0 Å². The van der Waals surface area contributed by atoms with E-state index in [9.17, 15) is 0 Å². The fourth-order valence-electron chi connectivity index (χ4n) is 1.01. The topological polar surface area (TPSA) is 23.8 Å². The highest BCUT2D eigenvalue weighted by atomic mass is 35.5. The van der Waals surface area contributed by atoms with E-state index in [0.717, 1.165) is 4.88 Å². The molecule has 4 heteroatoms. The van der Waals surface area contributed by atoms with E-state index in [4.69, 9.17) is 16.9 Å². The summed E-state index contributed by atoms with van der Waals surface area (Å²) >= 11 is 9.18. The molecule has 2 rings (SSSR count). The van der Waals surface area contributed by atoms with Crippen molar-refractivity contribution in [3.8, 4) is 6.07 Å². The number of nitriles is 1. The third kappa shape index (κ3) is 1.61. The van der Waals surface area contributed by atoms with Gasteiger partial charge in [0.25, 0.3) is 0 Å². The average Bonchev–Trinajstić information content (AvgIpc) is 2.61. The molecule has 0 saturated carbocycles. The summed E-state index contributed by atoms with van der Waals surface area (Å²) in [7, 11) is 0. The van der Waals surface area contributed by atoms with Gasteiger partial charge < -0.3 is 0 Å². The van der Waals surface area contributed by atoms with Crippen molar-refractivity contribution in [3.63, 3.8) is 0 Å². The van der Waals surface area contributed by atoms with Gasteiger partial charge in [-0.3, -0.25) is 0 Å². The maximum absolute atomic E-state index is 8.42. The monoisotopic (exact) mass is 225 g/mol. The van der Waals surface area contributed by atoms with E-state index >= 15 is 0 Å². The van der Waals surface area contributed by atoms with E-state index in [-0.39, 0.29) is 0 Å². The average molecular weight is 226 g/mol. The van der Waals surface area contributed by atoms with Crippen molar-refractivity contribution in [1.82, 2.24) is 0 Å². The lowest BCUT2D eigenvalue weighted by atomic mass is 10.4. The first-order chi connectivity index (χ1) is 6.31. The molecule has 0 aromatic carbocycles. The van der Waals surface area contributed by atoms with E-state index in [2.05, 4.69) is 6.07 Å². The summed E-state index contributed by atoms with van der Waals surface area (Å²) in [6.45, 7) is 0. The molecule has 0 spiro atoms. The van der Waals surface area contributed by atoms with Crippen LogP contribution >= 0.6 is 34.3 Å². The van der Waals surface area contributed by atoms with Crippen LogP contribution in [0.2, 0.25) is 0 Å². The SMILES string of the molecule is N#C/C=C(/Cl)c1cc2sccc2s1. The van der Waals surface area contributed by atoms with Crippen LogP contribution in [0.3, 0.4) is 0 Å². The minimum Gasteiger partial charge on any atom is -0.193 e. The third-order valence-electron chi connectivity index (χ3n) is 1.57. The maximum Gasteiger partial charge on any atom is 0.0928 e. The fourth-order valence-corrected chi connectivity index (χ4v) is 3.25. The largest absolute Gasteiger partial charge is 0.193 e. The predicted molar refractivity (Wildman–Crippen MR) is 59.1 cm³/mol. The zero-order valence-electron chi connectivity index (χ0n) is 6.45. The minimum atomic E-state index is 0.524. The van der Waals surface area contributed by atoms with Gasteiger partial charge in [-0.05, 0) is 17.5 Å². The number of rotatable bonds is 1. The molecule has 2 aromatic heterocycles. The summed E-state index contributed by atoms with van der Waals surface area (Å²) in [6.07, 6.45) is 1.36. The molecule has 64 valence electrons. The number of allylic oxidation sites excluding steroid dienone is 1. The molecule has 0 aliphatic carbocycles. The normalized spacial score (nSPS) is 11.8. The molecule has 0 unspecified atom stereocenters. The van der Waals surface area contributed by atoms with Crippen LogP contribution in [-0.2, 0) is 0 Å². The molecule has 0 amide bonds. The van der Waals surface area contributed by atoms with Crippen LogP contribution in [0.15, 0.2) is 23.6 Å². The Morgan fingerprint density at radius 1 is 1.54 bits per heavy atom. The molecule has 0 saturated heterocycles. The highest BCUT2D eigenvalue weighted by Crippen LogP contribution is 2.34.